The summed E-state index contributed by atoms with van der Waals surface area (Å²) in [5, 5.41) is 4.18. The lowest BCUT2D eigenvalue weighted by atomic mass is 10.1. The maximum atomic E-state index is 11.8. The Morgan fingerprint density at radius 3 is 2.38 bits per heavy atom. The summed E-state index contributed by atoms with van der Waals surface area (Å²) in [5.41, 5.74) is 1.63. The number of carbonyl (C=O) groups is 2. The van der Waals surface area contributed by atoms with E-state index in [9.17, 15) is 9.59 Å². The maximum absolute atomic E-state index is 11.8. The van der Waals surface area contributed by atoms with Gasteiger partial charge in [-0.05, 0) is 27.7 Å². The van der Waals surface area contributed by atoms with Crippen molar-refractivity contribution in [2.45, 2.75) is 34.2 Å². The molecule has 5 heteroatoms. The number of rotatable bonds is 4. The summed E-state index contributed by atoms with van der Waals surface area (Å²) in [6.45, 7) is 7.95. The molecular formula is C11H16N2O3. The van der Waals surface area contributed by atoms with E-state index in [4.69, 9.17) is 0 Å². The van der Waals surface area contributed by atoms with Gasteiger partial charge in [0.25, 0.3) is 5.78 Å². The molecule has 0 aliphatic carbocycles. The highest BCUT2D eigenvalue weighted by molar-refractivity contribution is 6.41. The first-order valence-corrected chi connectivity index (χ1v) is 5.28. The highest BCUT2D eigenvalue weighted by atomic mass is 16.5. The third-order valence-corrected chi connectivity index (χ3v) is 2.37. The van der Waals surface area contributed by atoms with Gasteiger partial charge in [0, 0.05) is 12.2 Å². The summed E-state index contributed by atoms with van der Waals surface area (Å²) >= 11 is 0. The van der Waals surface area contributed by atoms with Crippen LogP contribution in [0.25, 0.3) is 0 Å². The van der Waals surface area contributed by atoms with Crippen LogP contribution in [0.1, 0.15) is 35.6 Å². The van der Waals surface area contributed by atoms with Gasteiger partial charge in [0.15, 0.2) is 0 Å². The lowest BCUT2D eigenvalue weighted by molar-refractivity contribution is -0.137. The second-order valence-electron chi connectivity index (χ2n) is 3.41. The molecule has 0 saturated carbocycles. The molecule has 0 N–H and O–H groups in total. The largest absolute Gasteiger partial charge is 0.460 e. The molecule has 16 heavy (non-hydrogen) atoms. The highest BCUT2D eigenvalue weighted by Crippen LogP contribution is 2.14. The molecule has 0 saturated heterocycles. The van der Waals surface area contributed by atoms with Gasteiger partial charge in [-0.1, -0.05) is 0 Å². The number of ketones is 1. The first kappa shape index (κ1) is 12.4. The van der Waals surface area contributed by atoms with Crippen molar-refractivity contribution in [1.82, 2.24) is 9.78 Å². The Hall–Kier alpha value is -1.65. The predicted molar refractivity (Wildman–Crippen MR) is 58.3 cm³/mol. The van der Waals surface area contributed by atoms with E-state index in [1.165, 1.54) is 0 Å². The van der Waals surface area contributed by atoms with Gasteiger partial charge in [-0.25, -0.2) is 4.79 Å². The number of carbonyl (C=O) groups excluding carboxylic acids is 2. The van der Waals surface area contributed by atoms with E-state index in [1.807, 2.05) is 6.92 Å². The van der Waals surface area contributed by atoms with E-state index in [-0.39, 0.29) is 6.61 Å². The number of Topliss-reactive ketones (excluding diaryl/α,β-unsaturated/α-hetero) is 1. The monoisotopic (exact) mass is 224 g/mol. The van der Waals surface area contributed by atoms with E-state index in [0.717, 1.165) is 0 Å². The van der Waals surface area contributed by atoms with Crippen LogP contribution in [0.15, 0.2) is 0 Å². The topological polar surface area (TPSA) is 61.2 Å². The Morgan fingerprint density at radius 2 is 1.94 bits per heavy atom. The molecular weight excluding hydrogens is 208 g/mol. The van der Waals surface area contributed by atoms with Crippen LogP contribution in [0.4, 0.5) is 0 Å². The molecule has 1 aromatic rings. The quantitative estimate of drug-likeness (QED) is 0.439. The maximum Gasteiger partial charge on any atom is 0.379 e. The SMILES string of the molecule is CCOC(=O)C(=O)c1c(C)nn(CC)c1C. The van der Waals surface area contributed by atoms with Crippen molar-refractivity contribution in [1.29, 1.82) is 0 Å². The van der Waals surface area contributed by atoms with Crippen molar-refractivity contribution in [2.24, 2.45) is 0 Å². The van der Waals surface area contributed by atoms with E-state index in [1.54, 1.807) is 25.5 Å². The van der Waals surface area contributed by atoms with Crippen LogP contribution in [0.3, 0.4) is 0 Å². The van der Waals surface area contributed by atoms with Crippen molar-refractivity contribution in [3.63, 3.8) is 0 Å². The molecule has 0 amide bonds. The molecule has 88 valence electrons. The highest BCUT2D eigenvalue weighted by Gasteiger charge is 2.25. The lowest BCUT2D eigenvalue weighted by Gasteiger charge is -2.02. The molecule has 1 aromatic heterocycles. The number of hydrogen-bond acceptors (Lipinski definition) is 4. The molecule has 0 aliphatic rings. The summed E-state index contributed by atoms with van der Waals surface area (Å²) in [6, 6.07) is 0. The molecule has 0 radical (unpaired) electrons. The molecule has 5 nitrogen and oxygen atoms in total. The fourth-order valence-electron chi connectivity index (χ4n) is 1.63. The van der Waals surface area contributed by atoms with Crippen LogP contribution in [0.5, 0.6) is 0 Å². The average molecular weight is 224 g/mol. The Bertz CT molecular complexity index is 421. The third kappa shape index (κ3) is 2.13. The van der Waals surface area contributed by atoms with Crippen LogP contribution >= 0.6 is 0 Å². The number of esters is 1. The number of nitrogens with zero attached hydrogens (tertiary/aromatic N) is 2. The fourth-order valence-corrected chi connectivity index (χ4v) is 1.63. The van der Waals surface area contributed by atoms with Crippen LogP contribution in [-0.4, -0.2) is 28.1 Å². The molecule has 0 bridgehead atoms. The number of ether oxygens (including phenoxy) is 1. The minimum absolute atomic E-state index is 0.199. The van der Waals surface area contributed by atoms with E-state index in [2.05, 4.69) is 9.84 Å². The summed E-state index contributed by atoms with van der Waals surface area (Å²) in [6.07, 6.45) is 0. The third-order valence-electron chi connectivity index (χ3n) is 2.37. The molecule has 1 rings (SSSR count). The van der Waals surface area contributed by atoms with Crippen molar-refractivity contribution in [3.05, 3.63) is 17.0 Å². The van der Waals surface area contributed by atoms with Gasteiger partial charge in [0.1, 0.15) is 0 Å². The Labute approximate surface area is 94.4 Å². The normalized spacial score (nSPS) is 10.2. The Balaban J connectivity index is 3.08. The molecule has 0 fully saturated rings. The lowest BCUT2D eigenvalue weighted by Crippen LogP contribution is -2.19. The molecule has 1 heterocycles. The van der Waals surface area contributed by atoms with Gasteiger partial charge in [0.2, 0.25) is 0 Å². The van der Waals surface area contributed by atoms with Gasteiger partial charge in [-0.3, -0.25) is 9.48 Å². The van der Waals surface area contributed by atoms with Crippen LogP contribution < -0.4 is 0 Å². The molecule has 0 spiro atoms. The van der Waals surface area contributed by atoms with E-state index >= 15 is 0 Å². The first-order valence-electron chi connectivity index (χ1n) is 5.28. The molecule has 0 atom stereocenters. The molecule has 0 aromatic carbocycles. The van der Waals surface area contributed by atoms with E-state index < -0.39 is 11.8 Å². The summed E-state index contributed by atoms with van der Waals surface area (Å²) in [4.78, 5) is 23.1. The van der Waals surface area contributed by atoms with Gasteiger partial charge in [-0.2, -0.15) is 5.10 Å². The predicted octanol–water partition coefficient (Wildman–Crippen LogP) is 1.27. The smallest absolute Gasteiger partial charge is 0.379 e. The van der Waals surface area contributed by atoms with Crippen LogP contribution in [0.2, 0.25) is 0 Å². The van der Waals surface area contributed by atoms with Gasteiger partial charge < -0.3 is 4.74 Å². The van der Waals surface area contributed by atoms with Crippen molar-refractivity contribution in [3.8, 4) is 0 Å². The second-order valence-corrected chi connectivity index (χ2v) is 3.41. The van der Waals surface area contributed by atoms with Crippen molar-refractivity contribution < 1.29 is 14.3 Å². The van der Waals surface area contributed by atoms with Gasteiger partial charge in [0.05, 0.1) is 17.9 Å². The average Bonchev–Trinajstić information content (AvgIpc) is 2.53. The Kier molecular flexibility index (Phi) is 3.82. The van der Waals surface area contributed by atoms with Gasteiger partial charge >= 0.3 is 5.97 Å². The van der Waals surface area contributed by atoms with Crippen LogP contribution in [-0.2, 0) is 16.1 Å². The zero-order valence-corrected chi connectivity index (χ0v) is 10.0. The van der Waals surface area contributed by atoms with E-state index in [0.29, 0.717) is 23.5 Å². The summed E-state index contributed by atoms with van der Waals surface area (Å²) < 4.78 is 6.38. The standard InChI is InChI=1S/C11H16N2O3/c1-5-13-8(4)9(7(3)12-13)10(14)11(15)16-6-2/h5-6H2,1-4H3. The van der Waals surface area contributed by atoms with Crippen molar-refractivity contribution >= 4 is 11.8 Å². The number of hydrogen-bond donors (Lipinski definition) is 0. The molecule has 0 aliphatic heterocycles. The Morgan fingerprint density at radius 1 is 1.31 bits per heavy atom. The fraction of sp³-hybridized carbons (Fsp3) is 0.545. The second kappa shape index (κ2) is 4.92. The first-order chi connectivity index (χ1) is 7.52. The number of aromatic nitrogens is 2. The molecule has 0 unspecified atom stereocenters. The van der Waals surface area contributed by atoms with Crippen LogP contribution in [0, 0.1) is 13.8 Å². The number of aryl methyl sites for hydroxylation is 2. The zero-order chi connectivity index (χ0) is 12.3. The van der Waals surface area contributed by atoms with Gasteiger partial charge in [-0.15, -0.1) is 0 Å². The summed E-state index contributed by atoms with van der Waals surface area (Å²) in [5.74, 6) is -1.43. The zero-order valence-electron chi connectivity index (χ0n) is 10.0. The summed E-state index contributed by atoms with van der Waals surface area (Å²) in [7, 11) is 0. The minimum Gasteiger partial charge on any atom is -0.460 e. The minimum atomic E-state index is -0.815. The van der Waals surface area contributed by atoms with Crippen molar-refractivity contribution in [2.75, 3.05) is 6.61 Å².